The third-order valence-electron chi connectivity index (χ3n) is 1.83. The van der Waals surface area contributed by atoms with Crippen molar-refractivity contribution in [3.8, 4) is 0 Å². The number of carbonyl (C=O) groups excluding carboxylic acids is 1. The summed E-state index contributed by atoms with van der Waals surface area (Å²) in [4.78, 5) is 11.6. The number of hydrogen-bond donors (Lipinski definition) is 0. The molecule has 1 heterocycles. The van der Waals surface area contributed by atoms with Crippen LogP contribution in [0.3, 0.4) is 0 Å². The molecule has 0 N–H and O–H groups in total. The minimum atomic E-state index is -0.326. The van der Waals surface area contributed by atoms with Crippen LogP contribution in [0.1, 0.15) is 29.9 Å². The predicted molar refractivity (Wildman–Crippen MR) is 58.2 cm³/mol. The number of aryl methyl sites for hydroxylation is 1. The van der Waals surface area contributed by atoms with Crippen molar-refractivity contribution in [3.63, 3.8) is 0 Å². The molecule has 1 aromatic rings. The minimum Gasteiger partial charge on any atom is -0.457 e. The summed E-state index contributed by atoms with van der Waals surface area (Å²) in [5.41, 5.74) is 1.26. The zero-order chi connectivity index (χ0) is 11.3. The average molecular weight is 229 g/mol. The molecule has 0 saturated carbocycles. The molecule has 1 rings (SSSR count). The van der Waals surface area contributed by atoms with Crippen molar-refractivity contribution in [3.05, 3.63) is 16.6 Å². The quantitative estimate of drug-likeness (QED) is 0.725. The van der Waals surface area contributed by atoms with E-state index in [0.717, 1.165) is 0 Å². The molecule has 1 unspecified atom stereocenters. The second kappa shape index (κ2) is 5.82. The van der Waals surface area contributed by atoms with Crippen LogP contribution in [0.2, 0.25) is 0 Å². The smallest absolute Gasteiger partial charge is 0.341 e. The van der Waals surface area contributed by atoms with Crippen molar-refractivity contribution < 1.29 is 14.3 Å². The van der Waals surface area contributed by atoms with Crippen molar-refractivity contribution in [1.82, 2.24) is 4.37 Å². The summed E-state index contributed by atoms with van der Waals surface area (Å²) in [5, 5.41) is 1.70. The van der Waals surface area contributed by atoms with Crippen LogP contribution in [0.15, 0.2) is 5.38 Å². The van der Waals surface area contributed by atoms with Gasteiger partial charge >= 0.3 is 5.97 Å². The van der Waals surface area contributed by atoms with E-state index in [1.165, 1.54) is 11.5 Å². The van der Waals surface area contributed by atoms with Crippen molar-refractivity contribution in [2.45, 2.75) is 26.9 Å². The van der Waals surface area contributed by atoms with Crippen LogP contribution in [-0.4, -0.2) is 29.7 Å². The number of carbonyl (C=O) groups is 1. The van der Waals surface area contributed by atoms with Crippen LogP contribution in [0.5, 0.6) is 0 Å². The first-order valence-corrected chi connectivity index (χ1v) is 5.68. The Balaban J connectivity index is 2.46. The SMILES string of the molecule is CCOCC(C)OC(=O)c1csnc1C. The molecule has 0 aliphatic carbocycles. The van der Waals surface area contributed by atoms with Crippen molar-refractivity contribution in [2.75, 3.05) is 13.2 Å². The average Bonchev–Trinajstić information content (AvgIpc) is 2.61. The molecule has 0 radical (unpaired) electrons. The Kier molecular flexibility index (Phi) is 4.71. The summed E-state index contributed by atoms with van der Waals surface area (Å²) in [6.07, 6.45) is -0.225. The summed E-state index contributed by atoms with van der Waals surface area (Å²) < 4.78 is 14.4. The Morgan fingerprint density at radius 1 is 1.67 bits per heavy atom. The first-order valence-electron chi connectivity index (χ1n) is 4.84. The molecule has 0 amide bonds. The van der Waals surface area contributed by atoms with Crippen molar-refractivity contribution in [1.29, 1.82) is 0 Å². The van der Waals surface area contributed by atoms with E-state index in [4.69, 9.17) is 9.47 Å². The number of esters is 1. The number of aromatic nitrogens is 1. The number of rotatable bonds is 5. The molecule has 84 valence electrons. The summed E-state index contributed by atoms with van der Waals surface area (Å²) in [5.74, 6) is -0.326. The van der Waals surface area contributed by atoms with E-state index >= 15 is 0 Å². The fraction of sp³-hybridized carbons (Fsp3) is 0.600. The molecule has 15 heavy (non-hydrogen) atoms. The molecule has 1 aromatic heterocycles. The summed E-state index contributed by atoms with van der Waals surface area (Å²) in [6.45, 7) is 6.56. The van der Waals surface area contributed by atoms with E-state index in [0.29, 0.717) is 24.5 Å². The number of nitrogens with zero attached hydrogens (tertiary/aromatic N) is 1. The third kappa shape index (κ3) is 3.60. The van der Waals surface area contributed by atoms with Crippen LogP contribution in [-0.2, 0) is 9.47 Å². The Hall–Kier alpha value is -0.940. The fourth-order valence-electron chi connectivity index (χ4n) is 1.05. The van der Waals surface area contributed by atoms with Crippen LogP contribution >= 0.6 is 11.5 Å². The number of hydrogen-bond acceptors (Lipinski definition) is 5. The molecule has 0 spiro atoms. The zero-order valence-corrected chi connectivity index (χ0v) is 9.97. The van der Waals surface area contributed by atoms with Gasteiger partial charge in [-0.3, -0.25) is 0 Å². The predicted octanol–water partition coefficient (Wildman–Crippen LogP) is 2.03. The Morgan fingerprint density at radius 2 is 2.40 bits per heavy atom. The Bertz CT molecular complexity index is 324. The Labute approximate surface area is 93.4 Å². The van der Waals surface area contributed by atoms with Gasteiger partial charge < -0.3 is 9.47 Å². The summed E-state index contributed by atoms with van der Waals surface area (Å²) in [7, 11) is 0. The molecule has 1 atom stereocenters. The van der Waals surface area contributed by atoms with Gasteiger partial charge in [0.1, 0.15) is 6.10 Å². The molecule has 0 aliphatic rings. The molecule has 4 nitrogen and oxygen atoms in total. The molecule has 0 bridgehead atoms. The highest BCUT2D eigenvalue weighted by molar-refractivity contribution is 7.03. The second-order valence-corrected chi connectivity index (χ2v) is 3.82. The third-order valence-corrected chi connectivity index (χ3v) is 2.56. The second-order valence-electron chi connectivity index (χ2n) is 3.19. The maximum Gasteiger partial charge on any atom is 0.341 e. The standard InChI is InChI=1S/C10H15NO3S/c1-4-13-5-7(2)14-10(12)9-6-15-11-8(9)3/h6-7H,4-5H2,1-3H3. The number of ether oxygens (including phenoxy) is 2. The monoisotopic (exact) mass is 229 g/mol. The van der Waals surface area contributed by atoms with E-state index < -0.39 is 0 Å². The van der Waals surface area contributed by atoms with Crippen molar-refractivity contribution >= 4 is 17.5 Å². The highest BCUT2D eigenvalue weighted by Gasteiger charge is 2.15. The Morgan fingerprint density at radius 3 is 2.93 bits per heavy atom. The lowest BCUT2D eigenvalue weighted by molar-refractivity contribution is 0.00436. The highest BCUT2D eigenvalue weighted by Crippen LogP contribution is 2.11. The molecular formula is C10H15NO3S. The van der Waals surface area contributed by atoms with E-state index in [2.05, 4.69) is 4.37 Å². The van der Waals surface area contributed by atoms with E-state index in [1.807, 2.05) is 13.8 Å². The van der Waals surface area contributed by atoms with Gasteiger partial charge in [0.15, 0.2) is 0 Å². The van der Waals surface area contributed by atoms with Crippen LogP contribution in [0, 0.1) is 6.92 Å². The largest absolute Gasteiger partial charge is 0.457 e. The maximum absolute atomic E-state index is 11.6. The van der Waals surface area contributed by atoms with Gasteiger partial charge in [0, 0.05) is 12.0 Å². The van der Waals surface area contributed by atoms with Gasteiger partial charge in [-0.05, 0) is 32.3 Å². The van der Waals surface area contributed by atoms with Crippen molar-refractivity contribution in [2.24, 2.45) is 0 Å². The maximum atomic E-state index is 11.6. The van der Waals surface area contributed by atoms with E-state index in [-0.39, 0.29) is 12.1 Å². The lowest BCUT2D eigenvalue weighted by Gasteiger charge is -2.12. The van der Waals surface area contributed by atoms with Crippen LogP contribution in [0.25, 0.3) is 0 Å². The minimum absolute atomic E-state index is 0.225. The normalized spacial score (nSPS) is 12.5. The lowest BCUT2D eigenvalue weighted by Crippen LogP contribution is -2.20. The molecule has 0 saturated heterocycles. The molecule has 0 fully saturated rings. The fourth-order valence-corrected chi connectivity index (χ4v) is 1.73. The lowest BCUT2D eigenvalue weighted by atomic mass is 10.3. The van der Waals surface area contributed by atoms with Gasteiger partial charge in [-0.25, -0.2) is 4.79 Å². The van der Waals surface area contributed by atoms with E-state index in [9.17, 15) is 4.79 Å². The van der Waals surface area contributed by atoms with E-state index in [1.54, 1.807) is 12.3 Å². The van der Waals surface area contributed by atoms with Gasteiger partial charge in [-0.1, -0.05) is 0 Å². The first kappa shape index (κ1) is 12.1. The van der Waals surface area contributed by atoms with Gasteiger partial charge in [0.05, 0.1) is 17.9 Å². The molecule has 0 aliphatic heterocycles. The van der Waals surface area contributed by atoms with Gasteiger partial charge in [0.25, 0.3) is 0 Å². The molecule has 0 aromatic carbocycles. The summed E-state index contributed by atoms with van der Waals surface area (Å²) >= 11 is 1.26. The van der Waals surface area contributed by atoms with Gasteiger partial charge in [-0.15, -0.1) is 0 Å². The zero-order valence-electron chi connectivity index (χ0n) is 9.15. The van der Waals surface area contributed by atoms with Crippen LogP contribution < -0.4 is 0 Å². The van der Waals surface area contributed by atoms with Gasteiger partial charge in [0.2, 0.25) is 0 Å². The highest BCUT2D eigenvalue weighted by atomic mass is 32.1. The first-order chi connectivity index (χ1) is 7.15. The van der Waals surface area contributed by atoms with Gasteiger partial charge in [-0.2, -0.15) is 4.37 Å². The molecule has 5 heteroatoms. The topological polar surface area (TPSA) is 48.4 Å². The molecular weight excluding hydrogens is 214 g/mol. The van der Waals surface area contributed by atoms with Crippen LogP contribution in [0.4, 0.5) is 0 Å². The summed E-state index contributed by atoms with van der Waals surface area (Å²) in [6, 6.07) is 0.